The van der Waals surface area contributed by atoms with E-state index in [4.69, 9.17) is 4.74 Å². The van der Waals surface area contributed by atoms with Gasteiger partial charge >= 0.3 is 0 Å². The third-order valence-corrected chi connectivity index (χ3v) is 5.06. The van der Waals surface area contributed by atoms with Gasteiger partial charge in [-0.1, -0.05) is 26.0 Å². The van der Waals surface area contributed by atoms with E-state index in [1.165, 1.54) is 0 Å². The molecule has 3 rings (SSSR count). The van der Waals surface area contributed by atoms with E-state index in [0.717, 1.165) is 0 Å². The molecule has 1 aromatic rings. The smallest absolute Gasteiger partial charge is 0.267 e. The molecule has 0 unspecified atom stereocenters. The molecule has 0 radical (unpaired) electrons. The first kappa shape index (κ1) is 19.2. The van der Waals surface area contributed by atoms with Crippen LogP contribution in [0.5, 0.6) is 5.75 Å². The van der Waals surface area contributed by atoms with Crippen LogP contribution in [0.25, 0.3) is 0 Å². The second kappa shape index (κ2) is 7.98. The average molecular weight is 373 g/mol. The normalized spacial score (nSPS) is 19.8. The van der Waals surface area contributed by atoms with Gasteiger partial charge in [-0.05, 0) is 19.1 Å². The van der Waals surface area contributed by atoms with Gasteiger partial charge in [0.1, 0.15) is 5.75 Å². The van der Waals surface area contributed by atoms with Crippen molar-refractivity contribution >= 4 is 23.4 Å². The van der Waals surface area contributed by atoms with Crippen molar-refractivity contribution in [1.29, 1.82) is 0 Å². The number of carbonyl (C=O) groups excluding carboxylic acids is 3. The topological polar surface area (TPSA) is 70.2 Å². The monoisotopic (exact) mass is 373 g/mol. The Morgan fingerprint density at radius 1 is 1.11 bits per heavy atom. The van der Waals surface area contributed by atoms with Gasteiger partial charge in [0.2, 0.25) is 11.8 Å². The summed E-state index contributed by atoms with van der Waals surface area (Å²) in [5.74, 6) is 0.649. The Hall–Kier alpha value is -2.57. The Morgan fingerprint density at radius 2 is 1.74 bits per heavy atom. The summed E-state index contributed by atoms with van der Waals surface area (Å²) in [6, 6.07) is 7.38. The molecule has 7 heteroatoms. The van der Waals surface area contributed by atoms with Gasteiger partial charge in [0.25, 0.3) is 5.91 Å². The van der Waals surface area contributed by atoms with Crippen molar-refractivity contribution in [1.82, 2.24) is 9.80 Å². The summed E-state index contributed by atoms with van der Waals surface area (Å²) in [4.78, 5) is 42.4. The van der Waals surface area contributed by atoms with E-state index in [1.807, 2.05) is 43.0 Å². The van der Waals surface area contributed by atoms with Gasteiger partial charge in [-0.3, -0.25) is 14.4 Å². The predicted octanol–water partition coefficient (Wildman–Crippen LogP) is 1.52. The number of para-hydroxylation sites is 2. The molecular weight excluding hydrogens is 346 g/mol. The van der Waals surface area contributed by atoms with E-state index in [1.54, 1.807) is 16.7 Å². The highest BCUT2D eigenvalue weighted by atomic mass is 16.5. The molecule has 1 fully saturated rings. The lowest BCUT2D eigenvalue weighted by Crippen LogP contribution is -2.52. The first-order chi connectivity index (χ1) is 12.9. The van der Waals surface area contributed by atoms with E-state index in [2.05, 4.69) is 0 Å². The molecule has 27 heavy (non-hydrogen) atoms. The van der Waals surface area contributed by atoms with Gasteiger partial charge in [-0.2, -0.15) is 0 Å². The van der Waals surface area contributed by atoms with Crippen molar-refractivity contribution in [3.05, 3.63) is 24.3 Å². The van der Waals surface area contributed by atoms with Crippen molar-refractivity contribution in [3.63, 3.8) is 0 Å². The van der Waals surface area contributed by atoms with Gasteiger partial charge in [0, 0.05) is 45.1 Å². The Balaban J connectivity index is 1.57. The summed E-state index contributed by atoms with van der Waals surface area (Å²) >= 11 is 0. The van der Waals surface area contributed by atoms with Crippen LogP contribution in [0.1, 0.15) is 27.2 Å². The lowest BCUT2D eigenvalue weighted by atomic mass is 10.1. The lowest BCUT2D eigenvalue weighted by Gasteiger charge is -2.36. The zero-order valence-corrected chi connectivity index (χ0v) is 16.2. The van der Waals surface area contributed by atoms with Crippen LogP contribution in [-0.4, -0.2) is 66.3 Å². The number of nitrogens with zero attached hydrogens (tertiary/aromatic N) is 3. The minimum atomic E-state index is -0.555. The van der Waals surface area contributed by atoms with Crippen LogP contribution < -0.4 is 9.64 Å². The van der Waals surface area contributed by atoms with Gasteiger partial charge in [-0.25, -0.2) is 0 Å². The summed E-state index contributed by atoms with van der Waals surface area (Å²) in [7, 11) is 0. The van der Waals surface area contributed by atoms with E-state index in [9.17, 15) is 14.4 Å². The number of rotatable bonds is 4. The molecule has 146 valence electrons. The molecule has 0 N–H and O–H groups in total. The van der Waals surface area contributed by atoms with Crippen molar-refractivity contribution in [2.24, 2.45) is 5.92 Å². The molecule has 0 aromatic heterocycles. The van der Waals surface area contributed by atoms with Crippen LogP contribution in [-0.2, 0) is 14.4 Å². The van der Waals surface area contributed by atoms with E-state index in [-0.39, 0.29) is 30.1 Å². The number of anilines is 1. The lowest BCUT2D eigenvalue weighted by molar-refractivity contribution is -0.141. The van der Waals surface area contributed by atoms with Crippen LogP contribution in [0.15, 0.2) is 24.3 Å². The zero-order valence-electron chi connectivity index (χ0n) is 16.2. The Bertz CT molecular complexity index is 726. The molecule has 0 spiro atoms. The molecule has 1 atom stereocenters. The number of amides is 3. The zero-order chi connectivity index (χ0) is 19.6. The summed E-state index contributed by atoms with van der Waals surface area (Å²) in [5.41, 5.74) is 0.709. The number of piperazine rings is 1. The molecule has 3 amide bonds. The minimum Gasteiger partial charge on any atom is -0.479 e. The van der Waals surface area contributed by atoms with Gasteiger partial charge in [0.15, 0.2) is 6.10 Å². The molecular formula is C20H27N3O4. The van der Waals surface area contributed by atoms with Crippen LogP contribution in [0.3, 0.4) is 0 Å². The van der Waals surface area contributed by atoms with E-state index >= 15 is 0 Å². The highest BCUT2D eigenvalue weighted by Gasteiger charge is 2.32. The molecule has 0 bridgehead atoms. The van der Waals surface area contributed by atoms with Gasteiger partial charge in [-0.15, -0.1) is 0 Å². The Morgan fingerprint density at radius 3 is 2.41 bits per heavy atom. The number of ether oxygens (including phenoxy) is 1. The summed E-state index contributed by atoms with van der Waals surface area (Å²) < 4.78 is 5.63. The molecule has 7 nitrogen and oxygen atoms in total. The minimum absolute atomic E-state index is 0.0103. The van der Waals surface area contributed by atoms with Gasteiger partial charge < -0.3 is 19.4 Å². The fourth-order valence-electron chi connectivity index (χ4n) is 3.50. The fraction of sp³-hybridized carbons (Fsp3) is 0.550. The highest BCUT2D eigenvalue weighted by molar-refractivity contribution is 6.00. The number of carbonyl (C=O) groups is 3. The Labute approximate surface area is 159 Å². The summed E-state index contributed by atoms with van der Waals surface area (Å²) in [6.07, 6.45) is -0.300. The molecule has 2 aliphatic heterocycles. The SMILES string of the molecule is CC(C)C(=O)N1CCN(C(=O)CCN2C(=O)[C@@H](C)Oc3ccccc32)CC1. The largest absolute Gasteiger partial charge is 0.479 e. The Kier molecular flexibility index (Phi) is 5.68. The van der Waals surface area contributed by atoms with Crippen molar-refractivity contribution in [3.8, 4) is 5.75 Å². The molecule has 2 aliphatic rings. The highest BCUT2D eigenvalue weighted by Crippen LogP contribution is 2.33. The second-order valence-corrected chi connectivity index (χ2v) is 7.33. The maximum atomic E-state index is 12.6. The van der Waals surface area contributed by atoms with Crippen molar-refractivity contribution in [2.75, 3.05) is 37.6 Å². The van der Waals surface area contributed by atoms with Crippen LogP contribution in [0.2, 0.25) is 0 Å². The molecule has 0 saturated carbocycles. The number of benzene rings is 1. The standard InChI is InChI=1S/C20H27N3O4/c1-14(2)19(25)22-12-10-21(11-13-22)18(24)8-9-23-16-6-4-5-7-17(16)27-15(3)20(23)26/h4-7,14-15H,8-13H2,1-3H3/t15-/m1/s1. The van der Waals surface area contributed by atoms with E-state index < -0.39 is 6.10 Å². The molecule has 1 aromatic carbocycles. The number of fused-ring (bicyclic) bond motifs is 1. The second-order valence-electron chi connectivity index (χ2n) is 7.33. The average Bonchev–Trinajstić information content (AvgIpc) is 2.67. The maximum absolute atomic E-state index is 12.6. The molecule has 0 aliphatic carbocycles. The van der Waals surface area contributed by atoms with Crippen LogP contribution >= 0.6 is 0 Å². The van der Waals surface area contributed by atoms with Crippen molar-refractivity contribution < 1.29 is 19.1 Å². The third kappa shape index (κ3) is 4.07. The van der Waals surface area contributed by atoms with Crippen molar-refractivity contribution in [2.45, 2.75) is 33.3 Å². The van der Waals surface area contributed by atoms with Crippen LogP contribution in [0.4, 0.5) is 5.69 Å². The third-order valence-electron chi connectivity index (χ3n) is 5.06. The fourth-order valence-corrected chi connectivity index (χ4v) is 3.50. The molecule has 2 heterocycles. The van der Waals surface area contributed by atoms with E-state index in [0.29, 0.717) is 44.2 Å². The van der Waals surface area contributed by atoms with Gasteiger partial charge in [0.05, 0.1) is 5.69 Å². The first-order valence-electron chi connectivity index (χ1n) is 9.52. The quantitative estimate of drug-likeness (QED) is 0.802. The first-order valence-corrected chi connectivity index (χ1v) is 9.52. The maximum Gasteiger partial charge on any atom is 0.267 e. The summed E-state index contributed by atoms with van der Waals surface area (Å²) in [5, 5.41) is 0. The summed E-state index contributed by atoms with van der Waals surface area (Å²) in [6.45, 7) is 8.04. The predicted molar refractivity (Wildman–Crippen MR) is 102 cm³/mol. The van der Waals surface area contributed by atoms with Crippen LogP contribution in [0, 0.1) is 5.92 Å². The number of hydrogen-bond donors (Lipinski definition) is 0. The number of hydrogen-bond acceptors (Lipinski definition) is 4. The molecule has 1 saturated heterocycles.